The van der Waals surface area contributed by atoms with Crippen molar-refractivity contribution in [1.29, 1.82) is 0 Å². The van der Waals surface area contributed by atoms with Crippen LogP contribution in [0.25, 0.3) is 0 Å². The van der Waals surface area contributed by atoms with Crippen LogP contribution in [0.5, 0.6) is 5.75 Å². The Balaban J connectivity index is 0.00000400. The highest BCUT2D eigenvalue weighted by molar-refractivity contribution is 5.94. The maximum absolute atomic E-state index is 12.2. The summed E-state index contributed by atoms with van der Waals surface area (Å²) in [6, 6.07) is 7.31. The lowest BCUT2D eigenvalue weighted by molar-refractivity contribution is 0.0748. The second-order valence-electron chi connectivity index (χ2n) is 5.56. The van der Waals surface area contributed by atoms with Crippen molar-refractivity contribution in [2.24, 2.45) is 11.7 Å². The molecular formula is C16H27ClN2O2. The molecule has 1 amide bonds. The van der Waals surface area contributed by atoms with Crippen molar-refractivity contribution in [3.8, 4) is 5.75 Å². The summed E-state index contributed by atoms with van der Waals surface area (Å²) in [6.07, 6.45) is 1.03. The van der Waals surface area contributed by atoms with E-state index in [0.717, 1.165) is 12.2 Å². The predicted octanol–water partition coefficient (Wildman–Crippen LogP) is 2.95. The summed E-state index contributed by atoms with van der Waals surface area (Å²) in [5.41, 5.74) is 6.23. The Hall–Kier alpha value is -1.26. The minimum atomic E-state index is -0.0170. The normalized spacial score (nSPS) is 11.7. The van der Waals surface area contributed by atoms with Gasteiger partial charge in [0.25, 0.3) is 5.91 Å². The number of rotatable bonds is 7. The molecular weight excluding hydrogens is 288 g/mol. The van der Waals surface area contributed by atoms with Gasteiger partial charge in [-0.2, -0.15) is 0 Å². The largest absolute Gasteiger partial charge is 0.494 e. The van der Waals surface area contributed by atoms with E-state index < -0.39 is 0 Å². The SMILES string of the molecule is CC(C)CCOc1ccc(C(=O)N(C)C(C)CN)cc1.Cl. The van der Waals surface area contributed by atoms with Crippen molar-refractivity contribution in [3.05, 3.63) is 29.8 Å². The molecule has 1 atom stereocenters. The fourth-order valence-electron chi connectivity index (χ4n) is 1.67. The number of likely N-dealkylation sites (N-methyl/N-ethyl adjacent to an activating group) is 1. The van der Waals surface area contributed by atoms with E-state index in [1.807, 2.05) is 19.1 Å². The maximum Gasteiger partial charge on any atom is 0.253 e. The second-order valence-corrected chi connectivity index (χ2v) is 5.56. The molecule has 1 unspecified atom stereocenters. The molecule has 0 bridgehead atoms. The van der Waals surface area contributed by atoms with Crippen LogP contribution in [0, 0.1) is 5.92 Å². The molecule has 1 rings (SSSR count). The first-order valence-electron chi connectivity index (χ1n) is 7.15. The molecule has 4 nitrogen and oxygen atoms in total. The van der Waals surface area contributed by atoms with Gasteiger partial charge in [0, 0.05) is 25.2 Å². The molecule has 0 radical (unpaired) electrons. The van der Waals surface area contributed by atoms with Crippen molar-refractivity contribution in [2.45, 2.75) is 33.2 Å². The van der Waals surface area contributed by atoms with E-state index in [9.17, 15) is 4.79 Å². The first kappa shape index (κ1) is 19.7. The van der Waals surface area contributed by atoms with E-state index in [0.29, 0.717) is 24.6 Å². The summed E-state index contributed by atoms with van der Waals surface area (Å²) in [5, 5.41) is 0. The zero-order chi connectivity index (χ0) is 15.1. The minimum Gasteiger partial charge on any atom is -0.494 e. The summed E-state index contributed by atoms with van der Waals surface area (Å²) in [4.78, 5) is 13.9. The number of nitrogens with two attached hydrogens (primary N) is 1. The number of amides is 1. The molecule has 0 spiro atoms. The van der Waals surface area contributed by atoms with Gasteiger partial charge in [0.05, 0.1) is 6.61 Å². The fourth-order valence-corrected chi connectivity index (χ4v) is 1.67. The maximum atomic E-state index is 12.2. The molecule has 0 aliphatic heterocycles. The first-order chi connectivity index (χ1) is 9.45. The van der Waals surface area contributed by atoms with E-state index in [1.165, 1.54) is 0 Å². The van der Waals surface area contributed by atoms with Crippen molar-refractivity contribution in [1.82, 2.24) is 4.90 Å². The molecule has 120 valence electrons. The Morgan fingerprint density at radius 1 is 1.24 bits per heavy atom. The van der Waals surface area contributed by atoms with Gasteiger partial charge in [0.2, 0.25) is 0 Å². The third-order valence-electron chi connectivity index (χ3n) is 3.39. The Labute approximate surface area is 134 Å². The molecule has 5 heteroatoms. The molecule has 21 heavy (non-hydrogen) atoms. The lowest BCUT2D eigenvalue weighted by atomic mass is 10.1. The van der Waals surface area contributed by atoms with Crippen LogP contribution in [0.3, 0.4) is 0 Å². The Morgan fingerprint density at radius 3 is 2.29 bits per heavy atom. The topological polar surface area (TPSA) is 55.6 Å². The van der Waals surface area contributed by atoms with Crippen LogP contribution in [0.15, 0.2) is 24.3 Å². The molecule has 0 heterocycles. The monoisotopic (exact) mass is 314 g/mol. The average Bonchev–Trinajstić information content (AvgIpc) is 2.45. The van der Waals surface area contributed by atoms with Gasteiger partial charge in [-0.05, 0) is 43.5 Å². The average molecular weight is 315 g/mol. The minimum absolute atomic E-state index is 0. The molecule has 1 aromatic rings. The molecule has 1 aromatic carbocycles. The van der Waals surface area contributed by atoms with Gasteiger partial charge in [-0.15, -0.1) is 12.4 Å². The Morgan fingerprint density at radius 2 is 1.81 bits per heavy atom. The highest BCUT2D eigenvalue weighted by Crippen LogP contribution is 2.15. The number of hydrogen-bond donors (Lipinski definition) is 1. The van der Waals surface area contributed by atoms with E-state index in [4.69, 9.17) is 10.5 Å². The smallest absolute Gasteiger partial charge is 0.253 e. The summed E-state index contributed by atoms with van der Waals surface area (Å²) in [6.45, 7) is 7.42. The molecule has 0 saturated carbocycles. The standard InChI is InChI=1S/C16H26N2O2.ClH/c1-12(2)9-10-20-15-7-5-14(6-8-15)16(19)18(4)13(3)11-17;/h5-8,12-13H,9-11,17H2,1-4H3;1H. The molecule has 0 aliphatic carbocycles. The number of nitrogens with zero attached hydrogens (tertiary/aromatic N) is 1. The van der Waals surface area contributed by atoms with Crippen molar-refractivity contribution >= 4 is 18.3 Å². The number of carbonyl (C=O) groups excluding carboxylic acids is 1. The predicted molar refractivity (Wildman–Crippen MR) is 89.2 cm³/mol. The fraction of sp³-hybridized carbons (Fsp3) is 0.562. The van der Waals surface area contributed by atoms with Crippen LogP contribution in [0.4, 0.5) is 0 Å². The van der Waals surface area contributed by atoms with Gasteiger partial charge in [-0.1, -0.05) is 13.8 Å². The van der Waals surface area contributed by atoms with E-state index in [2.05, 4.69) is 13.8 Å². The van der Waals surface area contributed by atoms with Crippen LogP contribution < -0.4 is 10.5 Å². The first-order valence-corrected chi connectivity index (χ1v) is 7.15. The van der Waals surface area contributed by atoms with Crippen LogP contribution in [-0.2, 0) is 0 Å². The quantitative estimate of drug-likeness (QED) is 0.842. The zero-order valence-electron chi connectivity index (χ0n) is 13.3. The number of halogens is 1. The highest BCUT2D eigenvalue weighted by Gasteiger charge is 2.16. The van der Waals surface area contributed by atoms with Gasteiger partial charge >= 0.3 is 0 Å². The number of ether oxygens (including phenoxy) is 1. The van der Waals surface area contributed by atoms with Crippen LogP contribution in [-0.4, -0.2) is 37.0 Å². The molecule has 0 fully saturated rings. The molecule has 0 aliphatic rings. The lowest BCUT2D eigenvalue weighted by Crippen LogP contribution is -2.39. The number of benzene rings is 1. The van der Waals surface area contributed by atoms with Crippen LogP contribution in [0.2, 0.25) is 0 Å². The van der Waals surface area contributed by atoms with Crippen LogP contribution >= 0.6 is 12.4 Å². The second kappa shape index (κ2) is 9.64. The van der Waals surface area contributed by atoms with Crippen molar-refractivity contribution in [3.63, 3.8) is 0 Å². The summed E-state index contributed by atoms with van der Waals surface area (Å²) < 4.78 is 5.64. The number of carbonyl (C=O) groups is 1. The van der Waals surface area contributed by atoms with Gasteiger partial charge in [-0.3, -0.25) is 4.79 Å². The van der Waals surface area contributed by atoms with Crippen molar-refractivity contribution < 1.29 is 9.53 Å². The molecule has 2 N–H and O–H groups in total. The number of hydrogen-bond acceptors (Lipinski definition) is 3. The van der Waals surface area contributed by atoms with Gasteiger partial charge < -0.3 is 15.4 Å². The summed E-state index contributed by atoms with van der Waals surface area (Å²) in [7, 11) is 1.77. The lowest BCUT2D eigenvalue weighted by Gasteiger charge is -2.23. The third-order valence-corrected chi connectivity index (χ3v) is 3.39. The molecule has 0 saturated heterocycles. The van der Waals surface area contributed by atoms with Gasteiger partial charge in [-0.25, -0.2) is 0 Å². The van der Waals surface area contributed by atoms with Crippen molar-refractivity contribution in [2.75, 3.05) is 20.2 Å². The van der Waals surface area contributed by atoms with E-state index >= 15 is 0 Å². The van der Waals surface area contributed by atoms with E-state index in [1.54, 1.807) is 24.1 Å². The third kappa shape index (κ3) is 6.36. The summed E-state index contributed by atoms with van der Waals surface area (Å²) in [5.74, 6) is 1.41. The Kier molecular flexibility index (Phi) is 9.06. The highest BCUT2D eigenvalue weighted by atomic mass is 35.5. The van der Waals surface area contributed by atoms with Gasteiger partial charge in [0.15, 0.2) is 0 Å². The van der Waals surface area contributed by atoms with E-state index in [-0.39, 0.29) is 24.4 Å². The molecule has 0 aromatic heterocycles. The Bertz CT molecular complexity index is 421. The van der Waals surface area contributed by atoms with Crippen LogP contribution in [0.1, 0.15) is 37.6 Å². The van der Waals surface area contributed by atoms with Gasteiger partial charge in [0.1, 0.15) is 5.75 Å². The summed E-state index contributed by atoms with van der Waals surface area (Å²) >= 11 is 0. The zero-order valence-corrected chi connectivity index (χ0v) is 14.2.